The molecule has 1 fully saturated rings. The molecule has 2 N–H and O–H groups in total. The number of β-amino-alcohol motifs (C(OH)–C–C–N with tert-alkyl or cyclic N) is 1. The summed E-state index contributed by atoms with van der Waals surface area (Å²) in [5.74, 6) is -0.342. The van der Waals surface area contributed by atoms with Gasteiger partial charge >= 0.3 is 0 Å². The van der Waals surface area contributed by atoms with E-state index in [1.807, 2.05) is 19.1 Å². The number of halogens is 3. The second kappa shape index (κ2) is 9.18. The standard InChI is InChI=1S/C22H21Cl3N4O2/c1-13-20(22(31)27-28-10-2-3-17(30)12-28)26-29(19-9-8-16(24)11-18(19)25)21(13)14-4-6-15(23)7-5-14/h4-9,11,17,30H,2-3,10,12H2,1H3,(H,27,31)/t17-/m1/s1. The van der Waals surface area contributed by atoms with E-state index >= 15 is 0 Å². The number of nitrogens with one attached hydrogen (secondary N) is 1. The molecule has 0 saturated carbocycles. The summed E-state index contributed by atoms with van der Waals surface area (Å²) in [6.07, 6.45) is 1.09. The van der Waals surface area contributed by atoms with Crippen molar-refractivity contribution in [1.82, 2.24) is 20.2 Å². The fourth-order valence-electron chi connectivity index (χ4n) is 3.74. The number of hydrazine groups is 1. The first-order valence-electron chi connectivity index (χ1n) is 9.88. The van der Waals surface area contributed by atoms with Gasteiger partial charge in [-0.05, 0) is 50.1 Å². The highest BCUT2D eigenvalue weighted by Crippen LogP contribution is 2.33. The third-order valence-electron chi connectivity index (χ3n) is 5.25. The number of aliphatic hydroxyl groups is 1. The van der Waals surface area contributed by atoms with Gasteiger partial charge in [-0.1, -0.05) is 46.9 Å². The predicted octanol–water partition coefficient (Wildman–Crippen LogP) is 4.91. The predicted molar refractivity (Wildman–Crippen MR) is 123 cm³/mol. The molecule has 2 aromatic carbocycles. The summed E-state index contributed by atoms with van der Waals surface area (Å²) in [5.41, 5.74) is 6.01. The maximum Gasteiger partial charge on any atom is 0.286 e. The Morgan fingerprint density at radius 3 is 2.52 bits per heavy atom. The van der Waals surface area contributed by atoms with Crippen molar-refractivity contribution in [3.8, 4) is 16.9 Å². The van der Waals surface area contributed by atoms with E-state index in [4.69, 9.17) is 34.8 Å². The summed E-state index contributed by atoms with van der Waals surface area (Å²) in [4.78, 5) is 13.1. The van der Waals surface area contributed by atoms with E-state index < -0.39 is 6.10 Å². The van der Waals surface area contributed by atoms with E-state index in [1.165, 1.54) is 0 Å². The van der Waals surface area contributed by atoms with Crippen molar-refractivity contribution in [1.29, 1.82) is 0 Å². The summed E-state index contributed by atoms with van der Waals surface area (Å²) in [7, 11) is 0. The maximum absolute atomic E-state index is 13.1. The first-order valence-corrected chi connectivity index (χ1v) is 11.0. The van der Waals surface area contributed by atoms with Gasteiger partial charge in [0.25, 0.3) is 5.91 Å². The molecule has 1 aliphatic heterocycles. The largest absolute Gasteiger partial charge is 0.392 e. The quantitative estimate of drug-likeness (QED) is 0.558. The minimum atomic E-state index is -0.454. The lowest BCUT2D eigenvalue weighted by Crippen LogP contribution is -2.49. The molecule has 0 radical (unpaired) electrons. The molecular weight excluding hydrogens is 459 g/mol. The summed E-state index contributed by atoms with van der Waals surface area (Å²) >= 11 is 18.6. The maximum atomic E-state index is 13.1. The molecule has 4 rings (SSSR count). The SMILES string of the molecule is Cc1c(C(=O)NN2CCC[C@@H](O)C2)nn(-c2ccc(Cl)cc2Cl)c1-c1ccc(Cl)cc1. The Morgan fingerprint density at radius 2 is 1.84 bits per heavy atom. The monoisotopic (exact) mass is 478 g/mol. The van der Waals surface area contributed by atoms with Crippen molar-refractivity contribution >= 4 is 40.7 Å². The zero-order valence-electron chi connectivity index (χ0n) is 16.8. The molecule has 1 saturated heterocycles. The van der Waals surface area contributed by atoms with Crippen LogP contribution in [-0.2, 0) is 0 Å². The van der Waals surface area contributed by atoms with Gasteiger partial charge in [-0.15, -0.1) is 0 Å². The zero-order valence-corrected chi connectivity index (χ0v) is 19.0. The van der Waals surface area contributed by atoms with E-state index in [1.54, 1.807) is 40.0 Å². The molecule has 1 atom stereocenters. The molecule has 162 valence electrons. The average Bonchev–Trinajstić information content (AvgIpc) is 3.06. The normalized spacial score (nSPS) is 17.0. The minimum Gasteiger partial charge on any atom is -0.392 e. The number of aromatic nitrogens is 2. The molecule has 0 bridgehead atoms. The lowest BCUT2D eigenvalue weighted by molar-refractivity contribution is 0.0364. The molecule has 6 nitrogen and oxygen atoms in total. The zero-order chi connectivity index (χ0) is 22.1. The van der Waals surface area contributed by atoms with E-state index in [0.29, 0.717) is 39.4 Å². The first kappa shape index (κ1) is 22.1. The van der Waals surface area contributed by atoms with Gasteiger partial charge in [0.2, 0.25) is 0 Å². The number of nitrogens with zero attached hydrogens (tertiary/aromatic N) is 3. The van der Waals surface area contributed by atoms with Crippen LogP contribution in [-0.4, -0.2) is 45.0 Å². The van der Waals surface area contributed by atoms with Gasteiger partial charge in [-0.3, -0.25) is 10.2 Å². The van der Waals surface area contributed by atoms with Gasteiger partial charge in [0.1, 0.15) is 0 Å². The Bertz CT molecular complexity index is 1110. The Balaban J connectivity index is 1.78. The van der Waals surface area contributed by atoms with E-state index in [9.17, 15) is 9.90 Å². The molecular formula is C22H21Cl3N4O2. The van der Waals surface area contributed by atoms with Gasteiger partial charge < -0.3 is 5.11 Å². The fraction of sp³-hybridized carbons (Fsp3) is 0.273. The summed E-state index contributed by atoms with van der Waals surface area (Å²) in [6.45, 7) is 2.91. The molecule has 3 aromatic rings. The lowest BCUT2D eigenvalue weighted by atomic mass is 10.1. The van der Waals surface area contributed by atoms with Crippen molar-refractivity contribution in [2.24, 2.45) is 0 Å². The van der Waals surface area contributed by atoms with Gasteiger partial charge in [0.05, 0.1) is 22.5 Å². The Kier molecular flexibility index (Phi) is 6.55. The topological polar surface area (TPSA) is 70.4 Å². The third-order valence-corrected chi connectivity index (χ3v) is 6.04. The number of hydrogen-bond acceptors (Lipinski definition) is 4. The van der Waals surface area contributed by atoms with Crippen LogP contribution >= 0.6 is 34.8 Å². The average molecular weight is 480 g/mol. The first-order chi connectivity index (χ1) is 14.8. The van der Waals surface area contributed by atoms with E-state index in [-0.39, 0.29) is 11.6 Å². The summed E-state index contributed by atoms with van der Waals surface area (Å²) < 4.78 is 1.65. The minimum absolute atomic E-state index is 0.274. The Labute approximate surface area is 195 Å². The summed E-state index contributed by atoms with van der Waals surface area (Å²) in [5, 5.41) is 17.8. The number of hydrogen-bond donors (Lipinski definition) is 2. The van der Waals surface area contributed by atoms with Gasteiger partial charge in [0, 0.05) is 34.3 Å². The second-order valence-electron chi connectivity index (χ2n) is 7.52. The van der Waals surface area contributed by atoms with Crippen LogP contribution < -0.4 is 5.43 Å². The van der Waals surface area contributed by atoms with Gasteiger partial charge in [-0.2, -0.15) is 5.10 Å². The fourth-order valence-corrected chi connectivity index (χ4v) is 4.35. The molecule has 2 heterocycles. The van der Waals surface area contributed by atoms with Crippen LogP contribution in [0.3, 0.4) is 0 Å². The van der Waals surface area contributed by atoms with Crippen molar-refractivity contribution in [3.63, 3.8) is 0 Å². The Hall–Kier alpha value is -2.09. The van der Waals surface area contributed by atoms with Crippen LogP contribution in [0, 0.1) is 6.92 Å². The number of aliphatic hydroxyl groups excluding tert-OH is 1. The van der Waals surface area contributed by atoms with Crippen molar-refractivity contribution in [2.45, 2.75) is 25.9 Å². The number of rotatable bonds is 4. The number of carbonyl (C=O) groups excluding carboxylic acids is 1. The highest BCUT2D eigenvalue weighted by atomic mass is 35.5. The lowest BCUT2D eigenvalue weighted by Gasteiger charge is -2.29. The van der Waals surface area contributed by atoms with E-state index in [0.717, 1.165) is 24.1 Å². The molecule has 1 aromatic heterocycles. The highest BCUT2D eigenvalue weighted by molar-refractivity contribution is 6.35. The number of benzene rings is 2. The van der Waals surface area contributed by atoms with Crippen molar-refractivity contribution in [2.75, 3.05) is 13.1 Å². The highest BCUT2D eigenvalue weighted by Gasteiger charge is 2.26. The molecule has 31 heavy (non-hydrogen) atoms. The number of amides is 1. The molecule has 0 unspecified atom stereocenters. The molecule has 0 aliphatic carbocycles. The smallest absolute Gasteiger partial charge is 0.286 e. The van der Waals surface area contributed by atoms with Crippen LogP contribution in [0.5, 0.6) is 0 Å². The van der Waals surface area contributed by atoms with Gasteiger partial charge in [0.15, 0.2) is 5.69 Å². The van der Waals surface area contributed by atoms with Gasteiger partial charge in [-0.25, -0.2) is 9.69 Å². The summed E-state index contributed by atoms with van der Waals surface area (Å²) in [6, 6.07) is 12.4. The van der Waals surface area contributed by atoms with Crippen LogP contribution in [0.15, 0.2) is 42.5 Å². The number of carbonyl (C=O) groups is 1. The number of piperidine rings is 1. The van der Waals surface area contributed by atoms with Crippen molar-refractivity contribution < 1.29 is 9.90 Å². The molecule has 0 spiro atoms. The third kappa shape index (κ3) is 4.73. The van der Waals surface area contributed by atoms with Crippen LogP contribution in [0.25, 0.3) is 16.9 Å². The van der Waals surface area contributed by atoms with Crippen molar-refractivity contribution in [3.05, 3.63) is 68.8 Å². The van der Waals surface area contributed by atoms with E-state index in [2.05, 4.69) is 10.5 Å². The van der Waals surface area contributed by atoms with Crippen LogP contribution in [0.2, 0.25) is 15.1 Å². The molecule has 1 amide bonds. The second-order valence-corrected chi connectivity index (χ2v) is 8.80. The molecule has 1 aliphatic rings. The Morgan fingerprint density at radius 1 is 1.13 bits per heavy atom. The molecule has 9 heteroatoms. The van der Waals surface area contributed by atoms with Crippen LogP contribution in [0.1, 0.15) is 28.9 Å². The van der Waals surface area contributed by atoms with Crippen LogP contribution in [0.4, 0.5) is 0 Å².